The first-order chi connectivity index (χ1) is 9.06. The zero-order valence-corrected chi connectivity index (χ0v) is 13.2. The summed E-state index contributed by atoms with van der Waals surface area (Å²) in [6.45, 7) is 6.40. The van der Waals surface area contributed by atoms with Gasteiger partial charge in [0.05, 0.1) is 0 Å². The van der Waals surface area contributed by atoms with Crippen LogP contribution in [0.3, 0.4) is 0 Å². The lowest BCUT2D eigenvalue weighted by Crippen LogP contribution is -2.43. The Hall–Kier alpha value is -0.870. The first-order valence-electron chi connectivity index (χ1n) is 6.80. The van der Waals surface area contributed by atoms with Crippen molar-refractivity contribution in [1.82, 2.24) is 10.2 Å². The molecule has 0 aromatic heterocycles. The number of likely N-dealkylation sites (tertiary alicyclic amines) is 1. The zero-order valence-electron chi connectivity index (χ0n) is 11.6. The van der Waals surface area contributed by atoms with Gasteiger partial charge in [-0.2, -0.15) is 0 Å². The smallest absolute Gasteiger partial charge is 0.219 e. The van der Waals surface area contributed by atoms with Gasteiger partial charge in [0.1, 0.15) is 0 Å². The number of nitrogens with zero attached hydrogens (tertiary/aromatic N) is 1. The van der Waals surface area contributed by atoms with Crippen molar-refractivity contribution >= 4 is 21.8 Å². The van der Waals surface area contributed by atoms with Gasteiger partial charge < -0.3 is 10.2 Å². The summed E-state index contributed by atoms with van der Waals surface area (Å²) in [5.74, 6) is 0.195. The highest BCUT2D eigenvalue weighted by Gasteiger charge is 2.19. The predicted molar refractivity (Wildman–Crippen MR) is 81.0 cm³/mol. The molecule has 1 amide bonds. The maximum Gasteiger partial charge on any atom is 0.219 e. The minimum atomic E-state index is 0.195. The fraction of sp³-hybridized carbons (Fsp3) is 0.533. The van der Waals surface area contributed by atoms with Crippen molar-refractivity contribution in [2.75, 3.05) is 13.1 Å². The molecule has 0 saturated carbocycles. The second-order valence-corrected chi connectivity index (χ2v) is 6.10. The molecule has 1 fully saturated rings. The SMILES string of the molecule is CC(=O)N1CCC(NCc2ccc(C)c(Br)c2)CC1. The molecule has 1 aliphatic heterocycles. The molecule has 1 aliphatic rings. The summed E-state index contributed by atoms with van der Waals surface area (Å²) in [5, 5.41) is 3.59. The summed E-state index contributed by atoms with van der Waals surface area (Å²) >= 11 is 3.56. The summed E-state index contributed by atoms with van der Waals surface area (Å²) in [4.78, 5) is 13.2. The summed E-state index contributed by atoms with van der Waals surface area (Å²) in [7, 11) is 0. The van der Waals surface area contributed by atoms with Crippen LogP contribution in [0.1, 0.15) is 30.9 Å². The molecular weight excluding hydrogens is 304 g/mol. The fourth-order valence-corrected chi connectivity index (χ4v) is 2.83. The Morgan fingerprint density at radius 2 is 2.11 bits per heavy atom. The standard InChI is InChI=1S/C15H21BrN2O/c1-11-3-4-13(9-15(11)16)10-17-14-5-7-18(8-6-14)12(2)19/h3-4,9,14,17H,5-8,10H2,1-2H3. The summed E-state index contributed by atoms with van der Waals surface area (Å²) in [5.41, 5.74) is 2.56. The summed E-state index contributed by atoms with van der Waals surface area (Å²) < 4.78 is 1.16. The van der Waals surface area contributed by atoms with Crippen LogP contribution in [-0.2, 0) is 11.3 Å². The van der Waals surface area contributed by atoms with E-state index in [1.165, 1.54) is 11.1 Å². The third-order valence-electron chi connectivity index (χ3n) is 3.77. The van der Waals surface area contributed by atoms with Gasteiger partial charge in [-0.05, 0) is 37.0 Å². The summed E-state index contributed by atoms with van der Waals surface area (Å²) in [6.07, 6.45) is 2.10. The number of aryl methyl sites for hydroxylation is 1. The van der Waals surface area contributed by atoms with Crippen molar-refractivity contribution in [1.29, 1.82) is 0 Å². The molecule has 1 heterocycles. The van der Waals surface area contributed by atoms with Gasteiger partial charge in [-0.1, -0.05) is 28.1 Å². The van der Waals surface area contributed by atoms with E-state index in [0.29, 0.717) is 6.04 Å². The molecule has 0 aliphatic carbocycles. The summed E-state index contributed by atoms with van der Waals surface area (Å²) in [6, 6.07) is 7.00. The Bertz CT molecular complexity index is 453. The van der Waals surface area contributed by atoms with Gasteiger partial charge in [0.15, 0.2) is 0 Å². The van der Waals surface area contributed by atoms with Gasteiger partial charge in [0.2, 0.25) is 5.91 Å². The van der Waals surface area contributed by atoms with Crippen LogP contribution in [-0.4, -0.2) is 29.9 Å². The number of amides is 1. The van der Waals surface area contributed by atoms with Crippen molar-refractivity contribution in [3.05, 3.63) is 33.8 Å². The molecule has 104 valence electrons. The number of benzene rings is 1. The number of hydrogen-bond donors (Lipinski definition) is 1. The normalized spacial score (nSPS) is 16.7. The van der Waals surface area contributed by atoms with E-state index in [-0.39, 0.29) is 5.91 Å². The molecular formula is C15H21BrN2O. The second kappa shape index (κ2) is 6.53. The number of hydrogen-bond acceptors (Lipinski definition) is 2. The molecule has 1 N–H and O–H groups in total. The van der Waals surface area contributed by atoms with E-state index in [1.54, 1.807) is 6.92 Å². The van der Waals surface area contributed by atoms with E-state index in [9.17, 15) is 4.79 Å². The van der Waals surface area contributed by atoms with Gasteiger partial charge in [-0.15, -0.1) is 0 Å². The maximum atomic E-state index is 11.3. The molecule has 2 rings (SSSR count). The molecule has 19 heavy (non-hydrogen) atoms. The Balaban J connectivity index is 1.80. The van der Waals surface area contributed by atoms with E-state index >= 15 is 0 Å². The lowest BCUT2D eigenvalue weighted by molar-refractivity contribution is -0.129. The highest BCUT2D eigenvalue weighted by Crippen LogP contribution is 2.18. The van der Waals surface area contributed by atoms with Crippen LogP contribution in [0.2, 0.25) is 0 Å². The van der Waals surface area contributed by atoms with Gasteiger partial charge in [0.25, 0.3) is 0 Å². The Kier molecular flexibility index (Phi) is 4.99. The van der Waals surface area contributed by atoms with Crippen molar-refractivity contribution in [2.24, 2.45) is 0 Å². The van der Waals surface area contributed by atoms with Crippen molar-refractivity contribution in [3.63, 3.8) is 0 Å². The maximum absolute atomic E-state index is 11.3. The van der Waals surface area contributed by atoms with E-state index in [0.717, 1.165) is 36.9 Å². The minimum Gasteiger partial charge on any atom is -0.343 e. The molecule has 4 heteroatoms. The molecule has 0 bridgehead atoms. The quantitative estimate of drug-likeness (QED) is 0.927. The van der Waals surface area contributed by atoms with Crippen molar-refractivity contribution in [2.45, 2.75) is 39.3 Å². The lowest BCUT2D eigenvalue weighted by atomic mass is 10.0. The minimum absolute atomic E-state index is 0.195. The molecule has 0 unspecified atom stereocenters. The Labute approximate surface area is 123 Å². The molecule has 0 atom stereocenters. The number of nitrogens with one attached hydrogen (secondary N) is 1. The van der Waals surface area contributed by atoms with Crippen LogP contribution in [0.4, 0.5) is 0 Å². The van der Waals surface area contributed by atoms with Crippen LogP contribution in [0.5, 0.6) is 0 Å². The van der Waals surface area contributed by atoms with Crippen LogP contribution in [0.25, 0.3) is 0 Å². The van der Waals surface area contributed by atoms with Crippen LogP contribution in [0, 0.1) is 6.92 Å². The third-order valence-corrected chi connectivity index (χ3v) is 4.63. The highest BCUT2D eigenvalue weighted by molar-refractivity contribution is 9.10. The first-order valence-corrected chi connectivity index (χ1v) is 7.59. The van der Waals surface area contributed by atoms with Crippen molar-refractivity contribution in [3.8, 4) is 0 Å². The van der Waals surface area contributed by atoms with Crippen LogP contribution in [0.15, 0.2) is 22.7 Å². The van der Waals surface area contributed by atoms with Gasteiger partial charge in [-0.25, -0.2) is 0 Å². The van der Waals surface area contributed by atoms with E-state index in [4.69, 9.17) is 0 Å². The Morgan fingerprint density at radius 1 is 1.42 bits per heavy atom. The van der Waals surface area contributed by atoms with Crippen molar-refractivity contribution < 1.29 is 4.79 Å². The fourth-order valence-electron chi connectivity index (χ4n) is 2.41. The number of carbonyl (C=O) groups excluding carboxylic acids is 1. The molecule has 0 spiro atoms. The monoisotopic (exact) mass is 324 g/mol. The topological polar surface area (TPSA) is 32.3 Å². The number of rotatable bonds is 3. The third kappa shape index (κ3) is 4.05. The van der Waals surface area contributed by atoms with E-state index < -0.39 is 0 Å². The van der Waals surface area contributed by atoms with E-state index in [1.807, 2.05) is 4.90 Å². The molecule has 1 aromatic carbocycles. The zero-order chi connectivity index (χ0) is 13.8. The largest absolute Gasteiger partial charge is 0.343 e. The lowest BCUT2D eigenvalue weighted by Gasteiger charge is -2.31. The number of piperidine rings is 1. The molecule has 3 nitrogen and oxygen atoms in total. The number of halogens is 1. The number of carbonyl (C=O) groups is 1. The van der Waals surface area contributed by atoms with Crippen LogP contribution >= 0.6 is 15.9 Å². The molecule has 0 radical (unpaired) electrons. The average Bonchev–Trinajstić information content (AvgIpc) is 2.40. The predicted octanol–water partition coefficient (Wildman–Crippen LogP) is 2.86. The first kappa shape index (κ1) is 14.5. The second-order valence-electron chi connectivity index (χ2n) is 5.24. The van der Waals surface area contributed by atoms with Gasteiger partial charge >= 0.3 is 0 Å². The highest BCUT2D eigenvalue weighted by atomic mass is 79.9. The van der Waals surface area contributed by atoms with Gasteiger partial charge in [0, 0.05) is 37.1 Å². The average molecular weight is 325 g/mol. The van der Waals surface area contributed by atoms with Crippen LogP contribution < -0.4 is 5.32 Å². The molecule has 1 saturated heterocycles. The van der Waals surface area contributed by atoms with Gasteiger partial charge in [-0.3, -0.25) is 4.79 Å². The van der Waals surface area contributed by atoms with E-state index in [2.05, 4.69) is 46.4 Å². The molecule has 1 aromatic rings. The Morgan fingerprint density at radius 3 is 2.68 bits per heavy atom.